The summed E-state index contributed by atoms with van der Waals surface area (Å²) in [7, 11) is -2.06. The number of carbonyl (C=O) groups excluding carboxylic acids is 2. The van der Waals surface area contributed by atoms with E-state index in [4.69, 9.17) is 4.43 Å². The van der Waals surface area contributed by atoms with E-state index in [2.05, 4.69) is 41.5 Å². The molecule has 0 bridgehead atoms. The lowest BCUT2D eigenvalue weighted by Crippen LogP contribution is -2.49. The number of aldehydes is 1. The fourth-order valence-electron chi connectivity index (χ4n) is 4.16. The minimum atomic E-state index is -2.06. The fourth-order valence-corrected chi connectivity index (χ4v) is 9.36. The molecule has 0 aliphatic carbocycles. The number of hydrogen-bond donors (Lipinski definition) is 0. The van der Waals surface area contributed by atoms with Crippen LogP contribution in [0.15, 0.2) is 0 Å². The van der Waals surface area contributed by atoms with Gasteiger partial charge in [-0.1, -0.05) is 80.1 Å². The molecule has 0 heterocycles. The highest BCUT2D eigenvalue weighted by atomic mass is 28.4. The summed E-state index contributed by atoms with van der Waals surface area (Å²) in [5.74, 6) is 0.0247. The number of hydrogen-bond acceptors (Lipinski definition) is 3. The minimum absolute atomic E-state index is 0.0247. The van der Waals surface area contributed by atoms with Crippen LogP contribution < -0.4 is 0 Å². The maximum Gasteiger partial charge on any atom is 0.292 e. The van der Waals surface area contributed by atoms with Crippen molar-refractivity contribution in [3.8, 4) is 0 Å². The molecule has 0 saturated carbocycles. The van der Waals surface area contributed by atoms with Gasteiger partial charge < -0.3 is 9.22 Å². The van der Waals surface area contributed by atoms with Crippen molar-refractivity contribution < 1.29 is 14.0 Å². The van der Waals surface area contributed by atoms with Gasteiger partial charge in [0, 0.05) is 12.8 Å². The van der Waals surface area contributed by atoms with Gasteiger partial charge in [-0.3, -0.25) is 4.79 Å². The summed E-state index contributed by atoms with van der Waals surface area (Å²) in [4.78, 5) is 22.6. The van der Waals surface area contributed by atoms with Crippen LogP contribution in [0.1, 0.15) is 106 Å². The molecule has 0 atom stereocenters. The molecule has 148 valence electrons. The average Bonchev–Trinajstić information content (AvgIpc) is 2.53. The lowest BCUT2D eigenvalue weighted by Gasteiger charge is -2.41. The van der Waals surface area contributed by atoms with E-state index in [0.29, 0.717) is 29.5 Å². The molecule has 0 saturated heterocycles. The van der Waals surface area contributed by atoms with Crippen molar-refractivity contribution in [2.45, 2.75) is 122 Å². The lowest BCUT2D eigenvalue weighted by atomic mass is 10.1. The Morgan fingerprint density at radius 3 is 1.56 bits per heavy atom. The highest BCUT2D eigenvalue weighted by Gasteiger charge is 2.47. The summed E-state index contributed by atoms with van der Waals surface area (Å²) >= 11 is 0. The fraction of sp³-hybridized carbons (Fsp3) is 0.905. The van der Waals surface area contributed by atoms with Gasteiger partial charge in [0.25, 0.3) is 14.3 Å². The second kappa shape index (κ2) is 13.5. The first kappa shape index (κ1) is 24.4. The Kier molecular flexibility index (Phi) is 13.2. The second-order valence-electron chi connectivity index (χ2n) is 8.33. The van der Waals surface area contributed by atoms with E-state index < -0.39 is 8.32 Å². The summed E-state index contributed by atoms with van der Waals surface area (Å²) in [5.41, 5.74) is 1.36. The summed E-state index contributed by atoms with van der Waals surface area (Å²) in [5, 5.41) is 0. The van der Waals surface area contributed by atoms with E-state index in [1.807, 2.05) is 0 Å². The van der Waals surface area contributed by atoms with Gasteiger partial charge in [-0.05, 0) is 29.5 Å². The summed E-state index contributed by atoms with van der Waals surface area (Å²) < 4.78 is 6.18. The molecule has 25 heavy (non-hydrogen) atoms. The quantitative estimate of drug-likeness (QED) is 0.181. The van der Waals surface area contributed by atoms with E-state index in [0.717, 1.165) is 32.0 Å². The van der Waals surface area contributed by atoms with E-state index in [1.165, 1.54) is 25.7 Å². The predicted octanol–water partition coefficient (Wildman–Crippen LogP) is 6.81. The van der Waals surface area contributed by atoms with Crippen LogP contribution in [0.4, 0.5) is 0 Å². The molecule has 0 unspecified atom stereocenters. The van der Waals surface area contributed by atoms with Crippen LogP contribution in [0.5, 0.6) is 0 Å². The molecule has 0 rings (SSSR count). The predicted molar refractivity (Wildman–Crippen MR) is 109 cm³/mol. The molecule has 4 heteroatoms. The van der Waals surface area contributed by atoms with Crippen LogP contribution in [0.3, 0.4) is 0 Å². The van der Waals surface area contributed by atoms with Crippen LogP contribution >= 0.6 is 0 Å². The molecule has 0 spiro atoms. The molecular formula is C21H42O3Si. The highest BCUT2D eigenvalue weighted by molar-refractivity contribution is 6.78. The van der Waals surface area contributed by atoms with Crippen LogP contribution in [-0.2, 0) is 14.0 Å². The molecular weight excluding hydrogens is 328 g/mol. The van der Waals surface area contributed by atoms with Gasteiger partial charge in [0.15, 0.2) is 0 Å². The van der Waals surface area contributed by atoms with Crippen LogP contribution in [-0.4, -0.2) is 20.6 Å². The van der Waals surface area contributed by atoms with Gasteiger partial charge in [0.1, 0.15) is 6.29 Å². The Labute approximate surface area is 157 Å². The van der Waals surface area contributed by atoms with Gasteiger partial charge in [0.2, 0.25) is 0 Å². The number of carbonyl (C=O) groups is 2. The minimum Gasteiger partial charge on any atom is -0.518 e. The smallest absolute Gasteiger partial charge is 0.292 e. The molecule has 0 aromatic carbocycles. The monoisotopic (exact) mass is 370 g/mol. The SMILES string of the molecule is CC(C)[Si](OC(=O)CCCCCCCCCCC=O)(C(C)C)C(C)C. The largest absolute Gasteiger partial charge is 0.518 e. The molecule has 0 aliphatic rings. The van der Waals surface area contributed by atoms with Gasteiger partial charge in [-0.2, -0.15) is 0 Å². The molecule has 0 N–H and O–H groups in total. The van der Waals surface area contributed by atoms with E-state index >= 15 is 0 Å². The Balaban J connectivity index is 4.00. The zero-order valence-electron chi connectivity index (χ0n) is 17.6. The zero-order valence-corrected chi connectivity index (χ0v) is 18.6. The van der Waals surface area contributed by atoms with Crippen molar-refractivity contribution in [2.75, 3.05) is 0 Å². The third kappa shape index (κ3) is 9.03. The molecule has 0 fully saturated rings. The van der Waals surface area contributed by atoms with Crippen LogP contribution in [0.2, 0.25) is 16.6 Å². The van der Waals surface area contributed by atoms with Crippen LogP contribution in [0.25, 0.3) is 0 Å². The number of unbranched alkanes of at least 4 members (excludes halogenated alkanes) is 8. The summed E-state index contributed by atoms with van der Waals surface area (Å²) in [6, 6.07) is 0. The first-order valence-corrected chi connectivity index (χ1v) is 12.6. The molecule has 3 nitrogen and oxygen atoms in total. The standard InChI is InChI=1S/C21H42O3Si/c1-18(2)25(19(3)4,20(5)6)24-21(23)16-14-12-10-8-7-9-11-13-15-17-22/h17-20H,7-16H2,1-6H3. The first-order chi connectivity index (χ1) is 11.8. The third-order valence-electron chi connectivity index (χ3n) is 5.45. The Morgan fingerprint density at radius 1 is 0.760 bits per heavy atom. The third-order valence-corrected chi connectivity index (χ3v) is 11.4. The molecule has 0 aromatic heterocycles. The van der Waals surface area contributed by atoms with Crippen molar-refractivity contribution in [1.29, 1.82) is 0 Å². The van der Waals surface area contributed by atoms with E-state index in [1.54, 1.807) is 0 Å². The van der Waals surface area contributed by atoms with Gasteiger partial charge in [0.05, 0.1) is 0 Å². The van der Waals surface area contributed by atoms with Crippen molar-refractivity contribution in [3.05, 3.63) is 0 Å². The molecule has 0 aromatic rings. The zero-order chi connectivity index (χ0) is 19.3. The second-order valence-corrected chi connectivity index (χ2v) is 13.7. The lowest BCUT2D eigenvalue weighted by molar-refractivity contribution is -0.135. The Morgan fingerprint density at radius 2 is 1.16 bits per heavy atom. The maximum atomic E-state index is 12.4. The maximum absolute atomic E-state index is 12.4. The van der Waals surface area contributed by atoms with E-state index in [-0.39, 0.29) is 5.97 Å². The first-order valence-electron chi connectivity index (χ1n) is 10.4. The van der Waals surface area contributed by atoms with E-state index in [9.17, 15) is 9.59 Å². The Bertz CT molecular complexity index is 342. The molecule has 0 amide bonds. The van der Waals surface area contributed by atoms with Crippen molar-refractivity contribution in [1.82, 2.24) is 0 Å². The van der Waals surface area contributed by atoms with Gasteiger partial charge in [-0.25, -0.2) is 0 Å². The van der Waals surface area contributed by atoms with Gasteiger partial charge in [-0.15, -0.1) is 0 Å². The summed E-state index contributed by atoms with van der Waals surface area (Å²) in [6.45, 7) is 13.3. The summed E-state index contributed by atoms with van der Waals surface area (Å²) in [6.07, 6.45) is 11.4. The highest BCUT2D eigenvalue weighted by Crippen LogP contribution is 2.42. The number of rotatable bonds is 15. The topological polar surface area (TPSA) is 43.4 Å². The van der Waals surface area contributed by atoms with Crippen molar-refractivity contribution in [3.63, 3.8) is 0 Å². The van der Waals surface area contributed by atoms with Crippen molar-refractivity contribution in [2.24, 2.45) is 0 Å². The Hall–Kier alpha value is -0.643. The van der Waals surface area contributed by atoms with Gasteiger partial charge >= 0.3 is 0 Å². The van der Waals surface area contributed by atoms with Crippen LogP contribution in [0, 0.1) is 0 Å². The normalized spacial score (nSPS) is 12.2. The average molecular weight is 371 g/mol. The molecule has 0 radical (unpaired) electrons. The molecule has 0 aliphatic heterocycles. The van der Waals surface area contributed by atoms with Crippen molar-refractivity contribution >= 4 is 20.6 Å².